The van der Waals surface area contributed by atoms with Crippen LogP contribution >= 0.6 is 0 Å². The predicted octanol–water partition coefficient (Wildman–Crippen LogP) is 2.89. The summed E-state index contributed by atoms with van der Waals surface area (Å²) in [5.41, 5.74) is 8.21. The Hall–Kier alpha value is -1.71. The van der Waals surface area contributed by atoms with Gasteiger partial charge in [-0.3, -0.25) is 4.79 Å². The largest absolute Gasteiger partial charge is 0.399 e. The topological polar surface area (TPSA) is 58.4 Å². The molecule has 3 N–H and O–H groups in total. The zero-order chi connectivity index (χ0) is 15.5. The van der Waals surface area contributed by atoms with Crippen LogP contribution in [0, 0.1) is 5.41 Å². The van der Waals surface area contributed by atoms with E-state index in [1.165, 1.54) is 0 Å². The number of carbonyl (C=O) groups excluding carboxylic acids is 1. The third kappa shape index (κ3) is 3.65. The molecule has 0 saturated heterocycles. The van der Waals surface area contributed by atoms with Gasteiger partial charge in [-0.1, -0.05) is 20.8 Å². The molecule has 112 valence electrons. The highest BCUT2D eigenvalue weighted by Gasteiger charge is 2.26. The average molecular weight is 277 g/mol. The molecule has 0 saturated carbocycles. The number of nitrogen functional groups attached to an aromatic ring is 1. The number of nitrogens with one attached hydrogen (secondary N) is 1. The lowest BCUT2D eigenvalue weighted by atomic mass is 9.86. The van der Waals surface area contributed by atoms with E-state index in [1.54, 1.807) is 12.1 Å². The number of carbonyl (C=O) groups is 1. The van der Waals surface area contributed by atoms with Crippen molar-refractivity contribution < 1.29 is 4.79 Å². The first-order valence-corrected chi connectivity index (χ1v) is 7.09. The van der Waals surface area contributed by atoms with Crippen LogP contribution in [-0.2, 0) is 0 Å². The fraction of sp³-hybridized carbons (Fsp3) is 0.562. The number of hydrogen-bond acceptors (Lipinski definition) is 3. The lowest BCUT2D eigenvalue weighted by Crippen LogP contribution is -2.40. The fourth-order valence-corrected chi connectivity index (χ4v) is 2.08. The molecule has 0 aromatic heterocycles. The average Bonchev–Trinajstić information content (AvgIpc) is 2.36. The van der Waals surface area contributed by atoms with Gasteiger partial charge in [-0.15, -0.1) is 0 Å². The Balaban J connectivity index is 3.21. The van der Waals surface area contributed by atoms with Gasteiger partial charge in [0.1, 0.15) is 0 Å². The summed E-state index contributed by atoms with van der Waals surface area (Å²) in [6.45, 7) is 11.2. The minimum absolute atomic E-state index is 0.0598. The maximum atomic E-state index is 12.2. The Bertz CT molecular complexity index is 477. The van der Waals surface area contributed by atoms with Crippen LogP contribution in [-0.4, -0.2) is 25.5 Å². The van der Waals surface area contributed by atoms with Gasteiger partial charge in [0.25, 0.3) is 5.91 Å². The molecule has 0 aliphatic rings. The number of rotatable bonds is 4. The number of benzene rings is 1. The highest BCUT2D eigenvalue weighted by Crippen LogP contribution is 2.30. The molecule has 1 aromatic rings. The Kier molecular flexibility index (Phi) is 5.03. The Labute approximate surface area is 122 Å². The molecule has 0 aliphatic carbocycles. The third-order valence-electron chi connectivity index (χ3n) is 3.82. The molecule has 0 fully saturated rings. The molecule has 0 radical (unpaired) electrons. The van der Waals surface area contributed by atoms with Gasteiger partial charge in [0.05, 0.1) is 11.3 Å². The van der Waals surface area contributed by atoms with Crippen LogP contribution in [0.3, 0.4) is 0 Å². The second-order valence-corrected chi connectivity index (χ2v) is 6.29. The molecule has 0 aliphatic heterocycles. The summed E-state index contributed by atoms with van der Waals surface area (Å²) in [6, 6.07) is 5.70. The van der Waals surface area contributed by atoms with Crippen LogP contribution < -0.4 is 16.0 Å². The van der Waals surface area contributed by atoms with E-state index in [0.717, 1.165) is 5.69 Å². The molecule has 1 amide bonds. The van der Waals surface area contributed by atoms with E-state index in [0.29, 0.717) is 17.8 Å². The number of amides is 1. The lowest BCUT2D eigenvalue weighted by Gasteiger charge is -2.37. The highest BCUT2D eigenvalue weighted by atomic mass is 16.1. The van der Waals surface area contributed by atoms with Crippen molar-refractivity contribution in [1.82, 2.24) is 5.32 Å². The van der Waals surface area contributed by atoms with Crippen molar-refractivity contribution in [3.8, 4) is 0 Å². The van der Waals surface area contributed by atoms with Crippen molar-refractivity contribution in [2.24, 2.45) is 5.41 Å². The second-order valence-electron chi connectivity index (χ2n) is 6.29. The van der Waals surface area contributed by atoms with Gasteiger partial charge < -0.3 is 16.0 Å². The van der Waals surface area contributed by atoms with Crippen molar-refractivity contribution in [3.05, 3.63) is 23.8 Å². The molecular weight excluding hydrogens is 250 g/mol. The molecule has 0 bridgehead atoms. The number of nitrogens with two attached hydrogens (primary N) is 1. The van der Waals surface area contributed by atoms with E-state index in [4.69, 9.17) is 5.73 Å². The molecule has 1 unspecified atom stereocenters. The summed E-state index contributed by atoms with van der Waals surface area (Å²) in [7, 11) is 2.01. The number of nitrogens with zero attached hydrogens (tertiary/aromatic N) is 1. The summed E-state index contributed by atoms with van der Waals surface area (Å²) in [5, 5.41) is 2.85. The number of anilines is 2. The van der Waals surface area contributed by atoms with Crippen LogP contribution in [0.15, 0.2) is 18.2 Å². The summed E-state index contributed by atoms with van der Waals surface area (Å²) in [6.07, 6.45) is 0. The van der Waals surface area contributed by atoms with Crippen molar-refractivity contribution in [2.75, 3.05) is 24.2 Å². The molecule has 0 heterocycles. The summed E-state index contributed by atoms with van der Waals surface area (Å²) < 4.78 is 0. The van der Waals surface area contributed by atoms with Gasteiger partial charge in [0.15, 0.2) is 0 Å². The van der Waals surface area contributed by atoms with Gasteiger partial charge in [0, 0.05) is 25.3 Å². The van der Waals surface area contributed by atoms with Crippen LogP contribution in [0.1, 0.15) is 45.0 Å². The zero-order valence-electron chi connectivity index (χ0n) is 13.4. The molecule has 1 atom stereocenters. The normalized spacial score (nSPS) is 12.9. The highest BCUT2D eigenvalue weighted by molar-refractivity contribution is 6.00. The minimum atomic E-state index is -0.0598. The smallest absolute Gasteiger partial charge is 0.253 e. The van der Waals surface area contributed by atoms with Crippen molar-refractivity contribution in [2.45, 2.75) is 40.7 Å². The van der Waals surface area contributed by atoms with Gasteiger partial charge in [-0.05, 0) is 37.5 Å². The maximum absolute atomic E-state index is 12.2. The van der Waals surface area contributed by atoms with Crippen LogP contribution in [0.2, 0.25) is 0 Å². The molecule has 0 spiro atoms. The van der Waals surface area contributed by atoms with Crippen molar-refractivity contribution in [3.63, 3.8) is 0 Å². The van der Waals surface area contributed by atoms with Crippen LogP contribution in [0.25, 0.3) is 0 Å². The summed E-state index contributed by atoms with van der Waals surface area (Å²) >= 11 is 0. The standard InChI is InChI=1S/C16H27N3O/c1-7-18-15(20)13-9-8-12(17)10-14(13)19(6)11(2)16(3,4)5/h8-11H,7,17H2,1-6H3,(H,18,20). The minimum Gasteiger partial charge on any atom is -0.399 e. The third-order valence-corrected chi connectivity index (χ3v) is 3.82. The van der Waals surface area contributed by atoms with Crippen LogP contribution in [0.5, 0.6) is 0 Å². The van der Waals surface area contributed by atoms with E-state index in [1.807, 2.05) is 20.0 Å². The molecule has 1 rings (SSSR count). The molecule has 1 aromatic carbocycles. The maximum Gasteiger partial charge on any atom is 0.253 e. The first kappa shape index (κ1) is 16.3. The van der Waals surface area contributed by atoms with E-state index in [-0.39, 0.29) is 17.4 Å². The second kappa shape index (κ2) is 6.16. The van der Waals surface area contributed by atoms with E-state index in [2.05, 4.69) is 37.9 Å². The quantitative estimate of drug-likeness (QED) is 0.832. The Morgan fingerprint density at radius 2 is 2.00 bits per heavy atom. The predicted molar refractivity (Wildman–Crippen MR) is 86.2 cm³/mol. The van der Waals surface area contributed by atoms with E-state index in [9.17, 15) is 4.79 Å². The lowest BCUT2D eigenvalue weighted by molar-refractivity contribution is 0.0956. The Morgan fingerprint density at radius 3 is 2.50 bits per heavy atom. The van der Waals surface area contributed by atoms with E-state index < -0.39 is 0 Å². The fourth-order valence-electron chi connectivity index (χ4n) is 2.08. The van der Waals surface area contributed by atoms with Gasteiger partial charge in [0.2, 0.25) is 0 Å². The van der Waals surface area contributed by atoms with Gasteiger partial charge in [-0.25, -0.2) is 0 Å². The zero-order valence-corrected chi connectivity index (χ0v) is 13.4. The summed E-state index contributed by atoms with van der Waals surface area (Å²) in [4.78, 5) is 14.3. The van der Waals surface area contributed by atoms with Gasteiger partial charge >= 0.3 is 0 Å². The van der Waals surface area contributed by atoms with E-state index >= 15 is 0 Å². The SMILES string of the molecule is CCNC(=O)c1ccc(N)cc1N(C)C(C)C(C)(C)C. The van der Waals surface area contributed by atoms with Crippen molar-refractivity contribution in [1.29, 1.82) is 0 Å². The molecular formula is C16H27N3O. The first-order chi connectivity index (χ1) is 9.18. The number of hydrogen-bond donors (Lipinski definition) is 2. The monoisotopic (exact) mass is 277 g/mol. The Morgan fingerprint density at radius 1 is 1.40 bits per heavy atom. The van der Waals surface area contributed by atoms with Crippen LogP contribution in [0.4, 0.5) is 11.4 Å². The molecule has 4 heteroatoms. The van der Waals surface area contributed by atoms with Crippen molar-refractivity contribution >= 4 is 17.3 Å². The molecule has 20 heavy (non-hydrogen) atoms. The molecule has 4 nitrogen and oxygen atoms in total. The van der Waals surface area contributed by atoms with Gasteiger partial charge in [-0.2, -0.15) is 0 Å². The first-order valence-electron chi connectivity index (χ1n) is 7.09. The summed E-state index contributed by atoms with van der Waals surface area (Å²) in [5.74, 6) is -0.0598.